The van der Waals surface area contributed by atoms with Crippen molar-refractivity contribution in [2.45, 2.75) is 32.1 Å². The lowest BCUT2D eigenvalue weighted by Crippen LogP contribution is -2.05. The maximum absolute atomic E-state index is 12.5. The van der Waals surface area contributed by atoms with Gasteiger partial charge in [0.2, 0.25) is 0 Å². The molecule has 0 aliphatic heterocycles. The third kappa shape index (κ3) is 1.79. The Morgan fingerprint density at radius 1 is 1.20 bits per heavy atom. The fourth-order valence-corrected chi connectivity index (χ4v) is 1.47. The second-order valence-corrected chi connectivity index (χ2v) is 2.83. The minimum Gasteiger partial charge on any atom is -0.213 e. The fourth-order valence-electron chi connectivity index (χ4n) is 1.47. The van der Waals surface area contributed by atoms with Gasteiger partial charge in [-0.15, -0.1) is 0 Å². The molecule has 0 saturated heterocycles. The summed E-state index contributed by atoms with van der Waals surface area (Å²) in [6.45, 7) is 0. The maximum Gasteiger partial charge on any atom is 0.131 e. The zero-order valence-electron chi connectivity index (χ0n) is 5.95. The Morgan fingerprint density at radius 3 is 2.30 bits per heavy atom. The molecule has 0 radical (unpaired) electrons. The Kier molecular flexibility index (Phi) is 2.84. The minimum absolute atomic E-state index is 0.107. The minimum atomic E-state index is -0.556. The Balaban J connectivity index is 2.39. The van der Waals surface area contributed by atoms with Crippen LogP contribution in [-0.2, 0) is 0 Å². The molecule has 1 fully saturated rings. The highest BCUT2D eigenvalue weighted by Crippen LogP contribution is 2.30. The average Bonchev–Trinajstić information content (AvgIpc) is 2.05. The van der Waals surface area contributed by atoms with Gasteiger partial charge in [0.05, 0.1) is 0 Å². The van der Waals surface area contributed by atoms with Gasteiger partial charge in [0, 0.05) is 5.92 Å². The van der Waals surface area contributed by atoms with E-state index in [-0.39, 0.29) is 12.2 Å². The van der Waals surface area contributed by atoms with Crippen LogP contribution in [0, 0.1) is 5.92 Å². The number of allylic oxidation sites excluding steroid dienone is 1. The summed E-state index contributed by atoms with van der Waals surface area (Å²) in [5, 5.41) is 0. The van der Waals surface area contributed by atoms with E-state index in [1.807, 2.05) is 0 Å². The zero-order chi connectivity index (χ0) is 7.40. The lowest BCUT2D eigenvalue weighted by molar-refractivity contribution is 0.340. The van der Waals surface area contributed by atoms with Crippen LogP contribution in [0.15, 0.2) is 12.2 Å². The van der Waals surface area contributed by atoms with E-state index in [1.165, 1.54) is 6.42 Å². The van der Waals surface area contributed by atoms with Gasteiger partial charge in [0.1, 0.15) is 12.2 Å². The third-order valence-corrected chi connectivity index (χ3v) is 2.10. The van der Waals surface area contributed by atoms with Gasteiger partial charge in [0.15, 0.2) is 0 Å². The summed E-state index contributed by atoms with van der Waals surface area (Å²) in [4.78, 5) is 0. The molecule has 1 rings (SSSR count). The molecular weight excluding hydrogens is 134 g/mol. The molecule has 0 nitrogen and oxygen atoms in total. The standard InChI is InChI=1S/C8H12F2/c9-6-8(10)7-4-2-1-3-5-7/h6-7H,1-5H2/b8-6-. The molecule has 0 N–H and O–H groups in total. The van der Waals surface area contributed by atoms with Gasteiger partial charge in [-0.25, -0.2) is 8.78 Å². The summed E-state index contributed by atoms with van der Waals surface area (Å²) in [5.41, 5.74) is 0. The molecule has 10 heavy (non-hydrogen) atoms. The van der Waals surface area contributed by atoms with Gasteiger partial charge in [-0.2, -0.15) is 0 Å². The SMILES string of the molecule is F/C=C(\F)C1CCCCC1. The Bertz CT molecular complexity index is 123. The molecule has 58 valence electrons. The van der Waals surface area contributed by atoms with E-state index in [0.717, 1.165) is 25.7 Å². The quantitative estimate of drug-likeness (QED) is 0.532. The molecule has 1 aliphatic carbocycles. The van der Waals surface area contributed by atoms with Crippen molar-refractivity contribution >= 4 is 0 Å². The smallest absolute Gasteiger partial charge is 0.131 e. The van der Waals surface area contributed by atoms with Crippen molar-refractivity contribution in [2.24, 2.45) is 5.92 Å². The molecular formula is C8H12F2. The van der Waals surface area contributed by atoms with E-state index in [9.17, 15) is 8.78 Å². The molecule has 0 bridgehead atoms. The van der Waals surface area contributed by atoms with Crippen LogP contribution < -0.4 is 0 Å². The maximum atomic E-state index is 12.5. The first-order valence-electron chi connectivity index (χ1n) is 3.80. The van der Waals surface area contributed by atoms with E-state index in [4.69, 9.17) is 0 Å². The Labute approximate surface area is 59.9 Å². The highest BCUT2D eigenvalue weighted by molar-refractivity contribution is 4.93. The molecule has 1 saturated carbocycles. The van der Waals surface area contributed by atoms with Crippen molar-refractivity contribution in [1.82, 2.24) is 0 Å². The van der Waals surface area contributed by atoms with Crippen LogP contribution >= 0.6 is 0 Å². The number of halogens is 2. The van der Waals surface area contributed by atoms with Crippen LogP contribution in [0.4, 0.5) is 8.78 Å². The van der Waals surface area contributed by atoms with Crippen LogP contribution in [-0.4, -0.2) is 0 Å². The Morgan fingerprint density at radius 2 is 1.80 bits per heavy atom. The summed E-state index contributed by atoms with van der Waals surface area (Å²) in [6.07, 6.45) is 5.03. The highest BCUT2D eigenvalue weighted by Gasteiger charge is 2.17. The summed E-state index contributed by atoms with van der Waals surface area (Å²) in [6, 6.07) is 0. The van der Waals surface area contributed by atoms with Gasteiger partial charge < -0.3 is 0 Å². The van der Waals surface area contributed by atoms with Crippen molar-refractivity contribution in [2.75, 3.05) is 0 Å². The van der Waals surface area contributed by atoms with E-state index in [2.05, 4.69) is 0 Å². The Hall–Kier alpha value is -0.400. The normalized spacial score (nSPS) is 23.2. The van der Waals surface area contributed by atoms with Gasteiger partial charge >= 0.3 is 0 Å². The summed E-state index contributed by atoms with van der Waals surface area (Å²) >= 11 is 0. The van der Waals surface area contributed by atoms with Crippen LogP contribution in [0.1, 0.15) is 32.1 Å². The number of hydrogen-bond acceptors (Lipinski definition) is 0. The lowest BCUT2D eigenvalue weighted by atomic mass is 9.89. The van der Waals surface area contributed by atoms with Crippen LogP contribution in [0.3, 0.4) is 0 Å². The molecule has 0 heterocycles. The molecule has 1 aliphatic rings. The van der Waals surface area contributed by atoms with Crippen LogP contribution in [0.25, 0.3) is 0 Å². The van der Waals surface area contributed by atoms with E-state index >= 15 is 0 Å². The molecule has 0 aromatic heterocycles. The predicted molar refractivity (Wildman–Crippen MR) is 36.9 cm³/mol. The summed E-state index contributed by atoms with van der Waals surface area (Å²) in [5.74, 6) is -0.668. The second kappa shape index (κ2) is 3.69. The lowest BCUT2D eigenvalue weighted by Gasteiger charge is -2.18. The van der Waals surface area contributed by atoms with Crippen molar-refractivity contribution < 1.29 is 8.78 Å². The molecule has 0 aromatic carbocycles. The molecule has 2 heteroatoms. The van der Waals surface area contributed by atoms with E-state index in [1.54, 1.807) is 0 Å². The number of rotatable bonds is 1. The van der Waals surface area contributed by atoms with Crippen molar-refractivity contribution in [3.05, 3.63) is 12.2 Å². The van der Waals surface area contributed by atoms with Gasteiger partial charge in [-0.05, 0) is 12.8 Å². The van der Waals surface area contributed by atoms with Gasteiger partial charge in [-0.1, -0.05) is 19.3 Å². The summed E-state index contributed by atoms with van der Waals surface area (Å²) in [7, 11) is 0. The van der Waals surface area contributed by atoms with Crippen molar-refractivity contribution in [3.8, 4) is 0 Å². The zero-order valence-corrected chi connectivity index (χ0v) is 5.95. The van der Waals surface area contributed by atoms with Crippen LogP contribution in [0.5, 0.6) is 0 Å². The van der Waals surface area contributed by atoms with Gasteiger partial charge in [0.25, 0.3) is 0 Å². The first-order valence-corrected chi connectivity index (χ1v) is 3.80. The molecule has 0 aromatic rings. The van der Waals surface area contributed by atoms with Crippen molar-refractivity contribution in [3.63, 3.8) is 0 Å². The monoisotopic (exact) mass is 146 g/mol. The van der Waals surface area contributed by atoms with E-state index < -0.39 is 5.83 Å². The predicted octanol–water partition coefficient (Wildman–Crippen LogP) is 3.35. The number of hydrogen-bond donors (Lipinski definition) is 0. The topological polar surface area (TPSA) is 0 Å². The molecule has 0 spiro atoms. The van der Waals surface area contributed by atoms with Gasteiger partial charge in [-0.3, -0.25) is 0 Å². The summed E-state index contributed by atoms with van der Waals surface area (Å²) < 4.78 is 24.1. The van der Waals surface area contributed by atoms with E-state index in [0.29, 0.717) is 0 Å². The fraction of sp³-hybridized carbons (Fsp3) is 0.750. The molecule has 0 unspecified atom stereocenters. The first kappa shape index (κ1) is 7.70. The molecule has 0 atom stereocenters. The largest absolute Gasteiger partial charge is 0.213 e. The molecule has 0 amide bonds. The highest BCUT2D eigenvalue weighted by atomic mass is 19.2. The first-order chi connectivity index (χ1) is 4.84. The third-order valence-electron chi connectivity index (χ3n) is 2.10. The average molecular weight is 146 g/mol. The second-order valence-electron chi connectivity index (χ2n) is 2.83. The van der Waals surface area contributed by atoms with Crippen LogP contribution in [0.2, 0.25) is 0 Å². The van der Waals surface area contributed by atoms with Crippen molar-refractivity contribution in [1.29, 1.82) is 0 Å².